The second-order valence-electron chi connectivity index (χ2n) is 7.18. The molecule has 0 N–H and O–H groups in total. The molecule has 2 rings (SSSR count). The van der Waals surface area contributed by atoms with E-state index in [2.05, 4.69) is 0 Å². The maximum Gasteiger partial charge on any atom is 0.410 e. The Kier molecular flexibility index (Phi) is 5.60. The van der Waals surface area contributed by atoms with E-state index < -0.39 is 5.60 Å². The second kappa shape index (κ2) is 7.11. The van der Waals surface area contributed by atoms with Gasteiger partial charge in [0.1, 0.15) is 5.60 Å². The molecule has 2 aliphatic rings. The monoisotopic (exact) mass is 342 g/mol. The zero-order valence-corrected chi connectivity index (χ0v) is 15.1. The van der Waals surface area contributed by atoms with Crippen LogP contribution in [0.1, 0.15) is 47.0 Å². The Bertz CT molecular complexity index is 481. The first-order valence-corrected chi connectivity index (χ1v) is 8.98. The van der Waals surface area contributed by atoms with Gasteiger partial charge in [0.15, 0.2) is 5.12 Å². The van der Waals surface area contributed by atoms with Crippen LogP contribution in [0, 0.1) is 0 Å². The number of hydrogen-bond acceptors (Lipinski definition) is 5. The average molecular weight is 342 g/mol. The van der Waals surface area contributed by atoms with E-state index in [1.807, 2.05) is 25.7 Å². The van der Waals surface area contributed by atoms with Crippen LogP contribution in [0.3, 0.4) is 0 Å². The molecule has 2 amide bonds. The van der Waals surface area contributed by atoms with Crippen LogP contribution in [0.15, 0.2) is 0 Å². The van der Waals surface area contributed by atoms with Gasteiger partial charge >= 0.3 is 6.09 Å². The fourth-order valence-electron chi connectivity index (χ4n) is 3.05. The molecule has 2 saturated heterocycles. The van der Waals surface area contributed by atoms with E-state index in [0.717, 1.165) is 12.8 Å². The van der Waals surface area contributed by atoms with Crippen LogP contribution in [0.2, 0.25) is 0 Å². The van der Waals surface area contributed by atoms with Crippen molar-refractivity contribution in [1.29, 1.82) is 0 Å². The molecular weight excluding hydrogens is 316 g/mol. The Labute approximate surface area is 141 Å². The molecule has 7 heteroatoms. The van der Waals surface area contributed by atoms with Gasteiger partial charge in [-0.15, -0.1) is 0 Å². The van der Waals surface area contributed by atoms with Crippen molar-refractivity contribution in [3.8, 4) is 0 Å². The van der Waals surface area contributed by atoms with Crippen LogP contribution >= 0.6 is 11.8 Å². The molecule has 23 heavy (non-hydrogen) atoms. The first-order chi connectivity index (χ1) is 10.7. The lowest BCUT2D eigenvalue weighted by molar-refractivity contribution is -0.130. The van der Waals surface area contributed by atoms with Gasteiger partial charge in [-0.2, -0.15) is 0 Å². The summed E-state index contributed by atoms with van der Waals surface area (Å²) < 4.78 is 5.39. The Morgan fingerprint density at radius 3 is 2.35 bits per heavy atom. The molecule has 2 heterocycles. The van der Waals surface area contributed by atoms with Crippen LogP contribution in [0.4, 0.5) is 4.79 Å². The third-order valence-electron chi connectivity index (χ3n) is 4.01. The Morgan fingerprint density at radius 1 is 1.22 bits per heavy atom. The number of likely N-dealkylation sites (tertiary alicyclic amines) is 2. The van der Waals surface area contributed by atoms with Crippen molar-refractivity contribution in [1.82, 2.24) is 9.80 Å². The van der Waals surface area contributed by atoms with Gasteiger partial charge in [-0.05, 0) is 33.6 Å². The molecule has 0 aliphatic carbocycles. The van der Waals surface area contributed by atoms with Crippen molar-refractivity contribution in [3.63, 3.8) is 0 Å². The number of carbonyl (C=O) groups excluding carboxylic acids is 3. The zero-order valence-electron chi connectivity index (χ0n) is 14.3. The van der Waals surface area contributed by atoms with Gasteiger partial charge in [0.05, 0.1) is 0 Å². The lowest BCUT2D eigenvalue weighted by Crippen LogP contribution is -2.48. The first kappa shape index (κ1) is 18.1. The molecule has 0 aromatic carbocycles. The molecule has 6 nitrogen and oxygen atoms in total. The van der Waals surface area contributed by atoms with Gasteiger partial charge in [0.25, 0.3) is 0 Å². The maximum absolute atomic E-state index is 12.2. The summed E-state index contributed by atoms with van der Waals surface area (Å²) in [6.45, 7) is 8.95. The van der Waals surface area contributed by atoms with Crippen LogP contribution in [0.25, 0.3) is 0 Å². The third kappa shape index (κ3) is 5.12. The predicted octanol–water partition coefficient (Wildman–Crippen LogP) is 2.27. The van der Waals surface area contributed by atoms with E-state index in [4.69, 9.17) is 4.74 Å². The fraction of sp³-hybridized carbons (Fsp3) is 0.812. The molecule has 2 aliphatic heterocycles. The third-order valence-corrected chi connectivity index (χ3v) is 4.99. The molecule has 0 spiro atoms. The molecule has 0 saturated carbocycles. The minimum atomic E-state index is -0.490. The quantitative estimate of drug-likeness (QED) is 0.770. The van der Waals surface area contributed by atoms with E-state index in [-0.39, 0.29) is 28.4 Å². The number of carbonyl (C=O) groups is 3. The molecule has 1 unspecified atom stereocenters. The highest BCUT2D eigenvalue weighted by Crippen LogP contribution is 2.29. The van der Waals surface area contributed by atoms with E-state index in [1.165, 1.54) is 18.7 Å². The van der Waals surface area contributed by atoms with E-state index >= 15 is 0 Å². The highest BCUT2D eigenvalue weighted by molar-refractivity contribution is 8.14. The summed E-state index contributed by atoms with van der Waals surface area (Å²) in [6, 6.07) is 0.166. The minimum Gasteiger partial charge on any atom is -0.444 e. The topological polar surface area (TPSA) is 66.9 Å². The molecule has 130 valence electrons. The summed E-state index contributed by atoms with van der Waals surface area (Å²) in [5, 5.41) is 0.133. The zero-order chi connectivity index (χ0) is 17.2. The Hall–Kier alpha value is -1.24. The number of thioether (sulfide) groups is 1. The predicted molar refractivity (Wildman–Crippen MR) is 89.2 cm³/mol. The van der Waals surface area contributed by atoms with Crippen LogP contribution in [-0.2, 0) is 14.3 Å². The van der Waals surface area contributed by atoms with Crippen molar-refractivity contribution in [2.45, 2.75) is 63.9 Å². The Balaban J connectivity index is 1.84. The summed E-state index contributed by atoms with van der Waals surface area (Å²) in [7, 11) is 0. The maximum atomic E-state index is 12.2. The largest absolute Gasteiger partial charge is 0.444 e. The number of ether oxygens (including phenoxy) is 1. The molecule has 0 bridgehead atoms. The first-order valence-electron chi connectivity index (χ1n) is 8.10. The molecule has 1 atom stereocenters. The number of amides is 2. The highest BCUT2D eigenvalue weighted by atomic mass is 32.2. The fourth-order valence-corrected chi connectivity index (χ4v) is 3.98. The van der Waals surface area contributed by atoms with Gasteiger partial charge in [-0.25, -0.2) is 4.79 Å². The lowest BCUT2D eigenvalue weighted by Gasteiger charge is -2.37. The van der Waals surface area contributed by atoms with E-state index in [9.17, 15) is 14.4 Å². The summed E-state index contributed by atoms with van der Waals surface area (Å²) in [4.78, 5) is 39.0. The number of piperidine rings is 1. The van der Waals surface area contributed by atoms with Crippen LogP contribution in [0.5, 0.6) is 0 Å². The van der Waals surface area contributed by atoms with Gasteiger partial charge in [0.2, 0.25) is 5.91 Å². The molecular formula is C16H26N2O4S. The molecule has 2 fully saturated rings. The second-order valence-corrected chi connectivity index (χ2v) is 8.66. The van der Waals surface area contributed by atoms with Crippen LogP contribution < -0.4 is 0 Å². The van der Waals surface area contributed by atoms with Gasteiger partial charge in [0, 0.05) is 44.3 Å². The normalized spacial score (nSPS) is 23.3. The van der Waals surface area contributed by atoms with Crippen molar-refractivity contribution in [2.75, 3.05) is 19.6 Å². The average Bonchev–Trinajstić information content (AvgIpc) is 2.77. The number of hydrogen-bond donors (Lipinski definition) is 0. The van der Waals surface area contributed by atoms with E-state index in [1.54, 1.807) is 4.90 Å². The summed E-state index contributed by atoms with van der Waals surface area (Å²) in [6.07, 6.45) is 1.69. The Morgan fingerprint density at radius 2 is 1.83 bits per heavy atom. The molecule has 0 aromatic rings. The molecule has 0 aromatic heterocycles. The highest BCUT2D eigenvalue weighted by Gasteiger charge is 2.37. The lowest BCUT2D eigenvalue weighted by atomic mass is 10.0. The van der Waals surface area contributed by atoms with Crippen molar-refractivity contribution in [2.24, 2.45) is 0 Å². The van der Waals surface area contributed by atoms with Gasteiger partial charge in [-0.3, -0.25) is 9.59 Å². The summed E-state index contributed by atoms with van der Waals surface area (Å²) in [5.41, 5.74) is -0.490. The standard InChI is InChI=1S/C16H26N2O4S/c1-11(19)23-13-9-14(20)18(10-13)12-5-7-17(8-6-12)15(21)22-16(2,3)4/h12-13H,5-10H2,1-4H3. The van der Waals surface area contributed by atoms with Gasteiger partial charge in [-0.1, -0.05) is 11.8 Å². The van der Waals surface area contributed by atoms with Gasteiger partial charge < -0.3 is 14.5 Å². The SMILES string of the molecule is CC(=O)SC1CC(=O)N(C2CCN(C(=O)OC(C)(C)C)CC2)C1. The van der Waals surface area contributed by atoms with Crippen molar-refractivity contribution >= 4 is 28.9 Å². The van der Waals surface area contributed by atoms with Crippen molar-refractivity contribution in [3.05, 3.63) is 0 Å². The number of rotatable bonds is 2. The smallest absolute Gasteiger partial charge is 0.410 e. The summed E-state index contributed by atoms with van der Waals surface area (Å²) >= 11 is 1.26. The minimum absolute atomic E-state index is 0.0596. The summed E-state index contributed by atoms with van der Waals surface area (Å²) in [5.74, 6) is 0.125. The van der Waals surface area contributed by atoms with Crippen molar-refractivity contribution < 1.29 is 19.1 Å². The van der Waals surface area contributed by atoms with Crippen LogP contribution in [-0.4, -0.2) is 63.4 Å². The molecule has 0 radical (unpaired) electrons. The van der Waals surface area contributed by atoms with E-state index in [0.29, 0.717) is 26.1 Å². The number of nitrogens with zero attached hydrogens (tertiary/aromatic N) is 2.